The minimum absolute atomic E-state index is 0.274. The van der Waals surface area contributed by atoms with Gasteiger partial charge < -0.3 is 10.6 Å². The van der Waals surface area contributed by atoms with Crippen LogP contribution < -0.4 is 10.6 Å². The summed E-state index contributed by atoms with van der Waals surface area (Å²) < 4.78 is 0. The van der Waals surface area contributed by atoms with Gasteiger partial charge in [-0.25, -0.2) is 4.98 Å². The number of benzene rings is 1. The number of halogens is 2. The van der Waals surface area contributed by atoms with E-state index in [0.29, 0.717) is 27.5 Å². The summed E-state index contributed by atoms with van der Waals surface area (Å²) in [7, 11) is 0. The van der Waals surface area contributed by atoms with Crippen LogP contribution in [0, 0.1) is 0 Å². The molecule has 0 atom stereocenters. The first kappa shape index (κ1) is 14.2. The van der Waals surface area contributed by atoms with Gasteiger partial charge in [0.15, 0.2) is 0 Å². The molecule has 0 aliphatic heterocycles. The largest absolute Gasteiger partial charge is 0.381 e. The van der Waals surface area contributed by atoms with E-state index in [0.717, 1.165) is 5.69 Å². The number of aromatic nitrogens is 1. The third kappa shape index (κ3) is 3.65. The van der Waals surface area contributed by atoms with Gasteiger partial charge in [0, 0.05) is 11.6 Å². The highest BCUT2D eigenvalue weighted by molar-refractivity contribution is 6.42. The highest BCUT2D eigenvalue weighted by atomic mass is 35.5. The van der Waals surface area contributed by atoms with Gasteiger partial charge in [-0.1, -0.05) is 23.2 Å². The molecule has 1 aromatic heterocycles. The molecular formula is C15H13Cl2N3O. The quantitative estimate of drug-likeness (QED) is 0.886. The second-order valence-electron chi connectivity index (χ2n) is 4.93. The van der Waals surface area contributed by atoms with Gasteiger partial charge in [-0.05, 0) is 43.2 Å². The number of anilines is 2. The van der Waals surface area contributed by atoms with E-state index in [1.807, 2.05) is 6.07 Å². The molecule has 3 rings (SSSR count). The zero-order valence-corrected chi connectivity index (χ0v) is 12.6. The van der Waals surface area contributed by atoms with Gasteiger partial charge in [0.05, 0.1) is 21.9 Å². The maximum atomic E-state index is 12.1. The van der Waals surface area contributed by atoms with Crippen molar-refractivity contribution >= 4 is 40.6 Å². The van der Waals surface area contributed by atoms with Crippen LogP contribution in [-0.4, -0.2) is 16.9 Å². The molecule has 1 saturated carbocycles. The van der Waals surface area contributed by atoms with E-state index in [1.165, 1.54) is 18.9 Å². The molecule has 1 amide bonds. The van der Waals surface area contributed by atoms with Crippen molar-refractivity contribution in [3.63, 3.8) is 0 Å². The lowest BCUT2D eigenvalue weighted by atomic mass is 10.2. The molecule has 0 spiro atoms. The van der Waals surface area contributed by atoms with Crippen molar-refractivity contribution in [3.05, 3.63) is 52.1 Å². The standard InChI is InChI=1S/C15H13Cl2N3O/c16-12-5-1-9(7-13(12)17)15(21)20-14-6-4-11(8-18-14)19-10-2-3-10/h1,4-8,10,19H,2-3H2,(H,18,20,21). The normalized spacial score (nSPS) is 13.8. The average Bonchev–Trinajstić information content (AvgIpc) is 3.28. The third-order valence-corrected chi connectivity index (χ3v) is 3.87. The topological polar surface area (TPSA) is 54.0 Å². The number of pyridine rings is 1. The first-order chi connectivity index (χ1) is 10.1. The van der Waals surface area contributed by atoms with Gasteiger partial charge in [-0.2, -0.15) is 0 Å². The van der Waals surface area contributed by atoms with Gasteiger partial charge in [-0.3, -0.25) is 4.79 Å². The number of carbonyl (C=O) groups is 1. The molecule has 1 aromatic carbocycles. The van der Waals surface area contributed by atoms with Crippen molar-refractivity contribution in [1.29, 1.82) is 0 Å². The van der Waals surface area contributed by atoms with Crippen molar-refractivity contribution in [2.45, 2.75) is 18.9 Å². The fraction of sp³-hybridized carbons (Fsp3) is 0.200. The highest BCUT2D eigenvalue weighted by Crippen LogP contribution is 2.25. The van der Waals surface area contributed by atoms with Crippen LogP contribution in [0.3, 0.4) is 0 Å². The van der Waals surface area contributed by atoms with Crippen LogP contribution in [0.2, 0.25) is 10.0 Å². The molecule has 2 aromatic rings. The third-order valence-electron chi connectivity index (χ3n) is 3.14. The van der Waals surface area contributed by atoms with Crippen LogP contribution in [0.5, 0.6) is 0 Å². The fourth-order valence-electron chi connectivity index (χ4n) is 1.84. The molecule has 0 saturated heterocycles. The minimum Gasteiger partial charge on any atom is -0.381 e. The monoisotopic (exact) mass is 321 g/mol. The lowest BCUT2D eigenvalue weighted by Crippen LogP contribution is -2.13. The summed E-state index contributed by atoms with van der Waals surface area (Å²) in [6, 6.07) is 8.98. The van der Waals surface area contributed by atoms with Crippen LogP contribution >= 0.6 is 23.2 Å². The summed E-state index contributed by atoms with van der Waals surface area (Å²) in [6.45, 7) is 0. The van der Waals surface area contributed by atoms with E-state index in [4.69, 9.17) is 23.2 Å². The molecule has 1 fully saturated rings. The molecule has 1 aliphatic rings. The lowest BCUT2D eigenvalue weighted by molar-refractivity contribution is 0.102. The summed E-state index contributed by atoms with van der Waals surface area (Å²) in [6.07, 6.45) is 4.12. The second-order valence-corrected chi connectivity index (χ2v) is 5.75. The number of carbonyl (C=O) groups excluding carboxylic acids is 1. The molecule has 1 heterocycles. The molecule has 0 unspecified atom stereocenters. The Morgan fingerprint density at radius 2 is 1.95 bits per heavy atom. The number of hydrogen-bond donors (Lipinski definition) is 2. The van der Waals surface area contributed by atoms with Crippen LogP contribution in [-0.2, 0) is 0 Å². The molecule has 6 heteroatoms. The zero-order chi connectivity index (χ0) is 14.8. The molecule has 108 valence electrons. The number of nitrogens with one attached hydrogen (secondary N) is 2. The smallest absolute Gasteiger partial charge is 0.256 e. The molecule has 1 aliphatic carbocycles. The van der Waals surface area contributed by atoms with Gasteiger partial charge in [0.25, 0.3) is 5.91 Å². The Balaban J connectivity index is 1.67. The number of rotatable bonds is 4. The number of amides is 1. The van der Waals surface area contributed by atoms with Crippen LogP contribution in [0.1, 0.15) is 23.2 Å². The molecule has 0 bridgehead atoms. The molecule has 21 heavy (non-hydrogen) atoms. The average molecular weight is 322 g/mol. The number of hydrogen-bond acceptors (Lipinski definition) is 3. The Bertz CT molecular complexity index is 669. The summed E-state index contributed by atoms with van der Waals surface area (Å²) in [5, 5.41) is 6.82. The predicted octanol–water partition coefficient (Wildman–Crippen LogP) is 4.22. The molecule has 0 radical (unpaired) electrons. The zero-order valence-electron chi connectivity index (χ0n) is 11.1. The van der Waals surface area contributed by atoms with Crippen molar-refractivity contribution in [2.75, 3.05) is 10.6 Å². The van der Waals surface area contributed by atoms with E-state index in [1.54, 1.807) is 24.4 Å². The van der Waals surface area contributed by atoms with Gasteiger partial charge in [0.2, 0.25) is 0 Å². The first-order valence-electron chi connectivity index (χ1n) is 6.61. The Morgan fingerprint density at radius 1 is 1.14 bits per heavy atom. The van der Waals surface area contributed by atoms with Crippen molar-refractivity contribution in [3.8, 4) is 0 Å². The Kier molecular flexibility index (Phi) is 3.99. The van der Waals surface area contributed by atoms with Gasteiger partial charge in [0.1, 0.15) is 5.82 Å². The second kappa shape index (κ2) is 5.92. The Hall–Kier alpha value is -1.78. The van der Waals surface area contributed by atoms with E-state index >= 15 is 0 Å². The molecule has 4 nitrogen and oxygen atoms in total. The van der Waals surface area contributed by atoms with Crippen LogP contribution in [0.25, 0.3) is 0 Å². The van der Waals surface area contributed by atoms with E-state index in [2.05, 4.69) is 15.6 Å². The van der Waals surface area contributed by atoms with Crippen LogP contribution in [0.15, 0.2) is 36.5 Å². The van der Waals surface area contributed by atoms with Gasteiger partial charge >= 0.3 is 0 Å². The maximum Gasteiger partial charge on any atom is 0.256 e. The molecule has 2 N–H and O–H groups in total. The van der Waals surface area contributed by atoms with E-state index in [9.17, 15) is 4.79 Å². The van der Waals surface area contributed by atoms with Crippen molar-refractivity contribution < 1.29 is 4.79 Å². The van der Waals surface area contributed by atoms with Gasteiger partial charge in [-0.15, -0.1) is 0 Å². The van der Waals surface area contributed by atoms with Crippen molar-refractivity contribution in [1.82, 2.24) is 4.98 Å². The van der Waals surface area contributed by atoms with Crippen molar-refractivity contribution in [2.24, 2.45) is 0 Å². The Morgan fingerprint density at radius 3 is 2.57 bits per heavy atom. The lowest BCUT2D eigenvalue weighted by Gasteiger charge is -2.07. The minimum atomic E-state index is -0.274. The first-order valence-corrected chi connectivity index (χ1v) is 7.36. The molecular weight excluding hydrogens is 309 g/mol. The highest BCUT2D eigenvalue weighted by Gasteiger charge is 2.20. The fourth-order valence-corrected chi connectivity index (χ4v) is 2.14. The van der Waals surface area contributed by atoms with Crippen LogP contribution in [0.4, 0.5) is 11.5 Å². The van der Waals surface area contributed by atoms with E-state index < -0.39 is 0 Å². The maximum absolute atomic E-state index is 12.1. The summed E-state index contributed by atoms with van der Waals surface area (Å²) in [4.78, 5) is 16.3. The predicted molar refractivity (Wildman–Crippen MR) is 85.3 cm³/mol. The summed E-state index contributed by atoms with van der Waals surface area (Å²) >= 11 is 11.7. The van der Waals surface area contributed by atoms with E-state index in [-0.39, 0.29) is 5.91 Å². The summed E-state index contributed by atoms with van der Waals surface area (Å²) in [5.41, 5.74) is 1.40. The summed E-state index contributed by atoms with van der Waals surface area (Å²) in [5.74, 6) is 0.219. The SMILES string of the molecule is O=C(Nc1ccc(NC2CC2)cn1)c1ccc(Cl)c(Cl)c1. The Labute approximate surface area is 132 Å². The number of nitrogens with zero attached hydrogens (tertiary/aromatic N) is 1.